The van der Waals surface area contributed by atoms with Crippen molar-refractivity contribution in [2.75, 3.05) is 6.61 Å². The van der Waals surface area contributed by atoms with Crippen LogP contribution in [0.15, 0.2) is 18.2 Å². The zero-order valence-electron chi connectivity index (χ0n) is 9.99. The van der Waals surface area contributed by atoms with E-state index < -0.39 is 6.09 Å². The SMILES string of the molecule is CC(CCOc1ccc(F)cc1CCl)OC(N)=O. The van der Waals surface area contributed by atoms with Crippen LogP contribution in [0, 0.1) is 5.82 Å². The van der Waals surface area contributed by atoms with E-state index >= 15 is 0 Å². The summed E-state index contributed by atoms with van der Waals surface area (Å²) in [7, 11) is 0. The monoisotopic (exact) mass is 275 g/mol. The van der Waals surface area contributed by atoms with E-state index in [0.29, 0.717) is 24.3 Å². The molecule has 1 aromatic carbocycles. The minimum absolute atomic E-state index is 0.167. The number of carbonyl (C=O) groups is 1. The molecule has 100 valence electrons. The van der Waals surface area contributed by atoms with Gasteiger partial charge in [-0.1, -0.05) is 0 Å². The normalized spacial score (nSPS) is 11.9. The maximum atomic E-state index is 12.9. The number of amides is 1. The smallest absolute Gasteiger partial charge is 0.404 e. The number of hydrogen-bond donors (Lipinski definition) is 1. The Morgan fingerprint density at radius 3 is 2.89 bits per heavy atom. The van der Waals surface area contributed by atoms with Gasteiger partial charge >= 0.3 is 6.09 Å². The van der Waals surface area contributed by atoms with Crippen molar-refractivity contribution in [2.24, 2.45) is 5.73 Å². The maximum absolute atomic E-state index is 12.9. The Hall–Kier alpha value is -1.49. The highest BCUT2D eigenvalue weighted by atomic mass is 35.5. The van der Waals surface area contributed by atoms with Gasteiger partial charge in [0.25, 0.3) is 0 Å². The minimum Gasteiger partial charge on any atom is -0.493 e. The standard InChI is InChI=1S/C12H15ClFNO3/c1-8(18-12(15)16)4-5-17-11-3-2-10(14)6-9(11)7-13/h2-3,6,8H,4-5,7H2,1H3,(H2,15,16). The Bertz CT molecular complexity index is 414. The summed E-state index contributed by atoms with van der Waals surface area (Å²) in [4.78, 5) is 10.5. The maximum Gasteiger partial charge on any atom is 0.404 e. The van der Waals surface area contributed by atoms with Crippen molar-refractivity contribution >= 4 is 17.7 Å². The zero-order chi connectivity index (χ0) is 13.5. The Kier molecular flexibility index (Phi) is 5.71. The molecule has 0 heterocycles. The molecule has 1 rings (SSSR count). The van der Waals surface area contributed by atoms with Crippen molar-refractivity contribution in [1.29, 1.82) is 0 Å². The van der Waals surface area contributed by atoms with Crippen LogP contribution in [0.25, 0.3) is 0 Å². The van der Waals surface area contributed by atoms with Gasteiger partial charge in [0.15, 0.2) is 0 Å². The summed E-state index contributed by atoms with van der Waals surface area (Å²) in [6.07, 6.45) is -0.657. The van der Waals surface area contributed by atoms with E-state index in [-0.39, 0.29) is 17.8 Å². The number of rotatable bonds is 6. The summed E-state index contributed by atoms with van der Waals surface area (Å²) in [5, 5.41) is 0. The van der Waals surface area contributed by atoms with Crippen LogP contribution in [0.2, 0.25) is 0 Å². The molecule has 1 atom stereocenters. The van der Waals surface area contributed by atoms with Gasteiger partial charge in [-0.15, -0.1) is 11.6 Å². The van der Waals surface area contributed by atoms with Gasteiger partial charge in [-0.3, -0.25) is 0 Å². The van der Waals surface area contributed by atoms with E-state index in [9.17, 15) is 9.18 Å². The van der Waals surface area contributed by atoms with Crippen molar-refractivity contribution in [2.45, 2.75) is 25.3 Å². The van der Waals surface area contributed by atoms with Crippen LogP contribution in [0.4, 0.5) is 9.18 Å². The van der Waals surface area contributed by atoms with Crippen LogP contribution in [-0.4, -0.2) is 18.8 Å². The van der Waals surface area contributed by atoms with Gasteiger partial charge in [0.05, 0.1) is 12.5 Å². The number of nitrogens with two attached hydrogens (primary N) is 1. The van der Waals surface area contributed by atoms with E-state index in [1.807, 2.05) is 0 Å². The third kappa shape index (κ3) is 4.79. The molecule has 0 saturated carbocycles. The molecule has 0 spiro atoms. The Morgan fingerprint density at radius 2 is 2.28 bits per heavy atom. The summed E-state index contributed by atoms with van der Waals surface area (Å²) in [6, 6.07) is 4.15. The average molecular weight is 276 g/mol. The van der Waals surface area contributed by atoms with E-state index in [1.54, 1.807) is 6.92 Å². The number of hydrogen-bond acceptors (Lipinski definition) is 3. The number of carbonyl (C=O) groups excluding carboxylic acids is 1. The number of alkyl halides is 1. The lowest BCUT2D eigenvalue weighted by atomic mass is 10.2. The molecule has 6 heteroatoms. The third-order valence-electron chi connectivity index (χ3n) is 2.27. The highest BCUT2D eigenvalue weighted by Gasteiger charge is 2.08. The minimum atomic E-state index is -0.814. The molecule has 4 nitrogen and oxygen atoms in total. The molecule has 18 heavy (non-hydrogen) atoms. The lowest BCUT2D eigenvalue weighted by Gasteiger charge is -2.13. The number of halogens is 2. The second kappa shape index (κ2) is 7.06. The second-order valence-corrected chi connectivity index (χ2v) is 4.04. The predicted octanol–water partition coefficient (Wildman–Crippen LogP) is 2.82. The molecular weight excluding hydrogens is 261 g/mol. The lowest BCUT2D eigenvalue weighted by molar-refractivity contribution is 0.101. The van der Waals surface area contributed by atoms with Gasteiger partial charge in [-0.2, -0.15) is 0 Å². The number of benzene rings is 1. The molecule has 0 aromatic heterocycles. The van der Waals surface area contributed by atoms with Crippen LogP contribution in [0.3, 0.4) is 0 Å². The van der Waals surface area contributed by atoms with Crippen LogP contribution < -0.4 is 10.5 Å². The summed E-state index contributed by atoms with van der Waals surface area (Å²) in [5.41, 5.74) is 5.46. The van der Waals surface area contributed by atoms with Crippen LogP contribution in [0.5, 0.6) is 5.75 Å². The first-order valence-electron chi connectivity index (χ1n) is 5.46. The fraction of sp³-hybridized carbons (Fsp3) is 0.417. The molecule has 2 N–H and O–H groups in total. The van der Waals surface area contributed by atoms with Crippen LogP contribution in [-0.2, 0) is 10.6 Å². The molecule has 0 aliphatic heterocycles. The van der Waals surface area contributed by atoms with Crippen LogP contribution in [0.1, 0.15) is 18.9 Å². The third-order valence-corrected chi connectivity index (χ3v) is 2.55. The Morgan fingerprint density at radius 1 is 1.56 bits per heavy atom. The summed E-state index contributed by atoms with van der Waals surface area (Å²) < 4.78 is 23.1. The first-order valence-corrected chi connectivity index (χ1v) is 5.99. The average Bonchev–Trinajstić information content (AvgIpc) is 2.30. The van der Waals surface area contributed by atoms with Crippen molar-refractivity contribution in [3.05, 3.63) is 29.6 Å². The molecule has 0 bridgehead atoms. The van der Waals surface area contributed by atoms with Crippen LogP contribution >= 0.6 is 11.6 Å². The molecule has 0 fully saturated rings. The number of ether oxygens (including phenoxy) is 2. The van der Waals surface area contributed by atoms with Gasteiger partial charge in [0.2, 0.25) is 0 Å². The van der Waals surface area contributed by atoms with E-state index in [4.69, 9.17) is 26.8 Å². The Labute approximate surface area is 110 Å². The van der Waals surface area contributed by atoms with Gasteiger partial charge in [0, 0.05) is 12.0 Å². The van der Waals surface area contributed by atoms with E-state index in [2.05, 4.69) is 0 Å². The molecule has 0 aliphatic carbocycles. The predicted molar refractivity (Wildman–Crippen MR) is 66.2 cm³/mol. The van der Waals surface area contributed by atoms with E-state index in [0.717, 1.165) is 0 Å². The van der Waals surface area contributed by atoms with Crippen molar-refractivity contribution < 1.29 is 18.7 Å². The second-order valence-electron chi connectivity index (χ2n) is 3.77. The largest absolute Gasteiger partial charge is 0.493 e. The van der Waals surface area contributed by atoms with Crippen molar-refractivity contribution in [3.63, 3.8) is 0 Å². The fourth-order valence-electron chi connectivity index (χ4n) is 1.39. The van der Waals surface area contributed by atoms with E-state index in [1.165, 1.54) is 18.2 Å². The molecule has 1 unspecified atom stereocenters. The lowest BCUT2D eigenvalue weighted by Crippen LogP contribution is -2.22. The van der Waals surface area contributed by atoms with Gasteiger partial charge in [-0.05, 0) is 25.1 Å². The first kappa shape index (κ1) is 14.6. The summed E-state index contributed by atoms with van der Waals surface area (Å²) in [5.74, 6) is 0.335. The topological polar surface area (TPSA) is 61.6 Å². The van der Waals surface area contributed by atoms with Crippen molar-refractivity contribution in [1.82, 2.24) is 0 Å². The summed E-state index contributed by atoms with van der Waals surface area (Å²) in [6.45, 7) is 2.03. The quantitative estimate of drug-likeness (QED) is 0.812. The highest BCUT2D eigenvalue weighted by Crippen LogP contribution is 2.21. The van der Waals surface area contributed by atoms with Gasteiger partial charge < -0.3 is 15.2 Å². The molecule has 0 aliphatic rings. The zero-order valence-corrected chi connectivity index (χ0v) is 10.7. The molecule has 1 amide bonds. The fourth-order valence-corrected chi connectivity index (χ4v) is 1.59. The highest BCUT2D eigenvalue weighted by molar-refractivity contribution is 6.17. The first-order chi connectivity index (χ1) is 8.52. The van der Waals surface area contributed by atoms with Gasteiger partial charge in [-0.25, -0.2) is 9.18 Å². The molecule has 0 radical (unpaired) electrons. The molecule has 1 aromatic rings. The van der Waals surface area contributed by atoms with Crippen molar-refractivity contribution in [3.8, 4) is 5.75 Å². The molecule has 0 saturated heterocycles. The Balaban J connectivity index is 2.46. The number of primary amides is 1. The van der Waals surface area contributed by atoms with Gasteiger partial charge in [0.1, 0.15) is 17.7 Å². The summed E-state index contributed by atoms with van der Waals surface area (Å²) >= 11 is 5.68. The molecular formula is C12H15ClFNO3.